The van der Waals surface area contributed by atoms with Crippen molar-refractivity contribution in [3.8, 4) is 0 Å². The molecule has 1 N–H and O–H groups in total. The molecule has 196 valence electrons. The molecule has 0 saturated carbocycles. The molecule has 7 nitrogen and oxygen atoms in total. The first-order valence-electron chi connectivity index (χ1n) is 13.3. The molecule has 1 aliphatic heterocycles. The summed E-state index contributed by atoms with van der Waals surface area (Å²) in [7, 11) is 0. The van der Waals surface area contributed by atoms with Gasteiger partial charge in [0.2, 0.25) is 0 Å². The van der Waals surface area contributed by atoms with Gasteiger partial charge in [-0.2, -0.15) is 0 Å². The second-order valence-electron chi connectivity index (χ2n) is 9.68. The molecule has 0 atom stereocenters. The van der Waals surface area contributed by atoms with E-state index in [1.54, 1.807) is 4.90 Å². The summed E-state index contributed by atoms with van der Waals surface area (Å²) < 4.78 is 7.52. The maximum absolute atomic E-state index is 12.8. The molecule has 0 unspecified atom stereocenters. The molecule has 1 aliphatic rings. The van der Waals surface area contributed by atoms with E-state index in [2.05, 4.69) is 46.3 Å². The summed E-state index contributed by atoms with van der Waals surface area (Å²) in [5.74, 6) is 0. The Morgan fingerprint density at radius 3 is 2.39 bits per heavy atom. The molecule has 0 radical (unpaired) electrons. The number of hydrogen-bond donors (Lipinski definition) is 1. The molecule has 3 aromatic carbocycles. The lowest BCUT2D eigenvalue weighted by Gasteiger charge is -2.32. The van der Waals surface area contributed by atoms with E-state index in [9.17, 15) is 9.59 Å². The Morgan fingerprint density at radius 2 is 1.63 bits per heavy atom. The quantitative estimate of drug-likeness (QED) is 0.331. The maximum atomic E-state index is 12.8. The summed E-state index contributed by atoms with van der Waals surface area (Å²) in [5.41, 5.74) is 4.06. The minimum absolute atomic E-state index is 0.0699. The molecule has 2 heterocycles. The van der Waals surface area contributed by atoms with Crippen LogP contribution in [-0.4, -0.2) is 58.2 Å². The molecule has 0 aliphatic carbocycles. The van der Waals surface area contributed by atoms with Crippen molar-refractivity contribution >= 4 is 23.2 Å². The number of H-pyrrole nitrogens is 1. The number of carbonyl (C=O) groups excluding carboxylic acids is 1. The number of aromatic amines is 1. The highest BCUT2D eigenvalue weighted by Crippen LogP contribution is 2.25. The Labute approximate surface area is 223 Å². The average Bonchev–Trinajstić information content (AvgIpc) is 3.29. The summed E-state index contributed by atoms with van der Waals surface area (Å²) in [6.45, 7) is 3.65. The smallest absolute Gasteiger partial charge is 0.409 e. The van der Waals surface area contributed by atoms with Crippen molar-refractivity contribution in [3.63, 3.8) is 0 Å². The van der Waals surface area contributed by atoms with Gasteiger partial charge in [0.15, 0.2) is 0 Å². The first-order valence-corrected chi connectivity index (χ1v) is 13.3. The van der Waals surface area contributed by atoms with Gasteiger partial charge in [0.1, 0.15) is 6.61 Å². The van der Waals surface area contributed by atoms with Crippen LogP contribution in [0.1, 0.15) is 30.0 Å². The lowest BCUT2D eigenvalue weighted by Crippen LogP contribution is -2.41. The Hall–Kier alpha value is -4.10. The molecular formula is C31H34N4O3. The van der Waals surface area contributed by atoms with Crippen LogP contribution in [0.15, 0.2) is 95.8 Å². The van der Waals surface area contributed by atoms with E-state index >= 15 is 0 Å². The number of nitrogens with one attached hydrogen (secondary N) is 1. The van der Waals surface area contributed by atoms with Crippen LogP contribution < -0.4 is 5.69 Å². The van der Waals surface area contributed by atoms with Gasteiger partial charge in [0.05, 0.1) is 11.0 Å². The van der Waals surface area contributed by atoms with Crippen molar-refractivity contribution in [3.05, 3.63) is 113 Å². The first-order chi connectivity index (χ1) is 18.7. The molecule has 1 saturated heterocycles. The van der Waals surface area contributed by atoms with Gasteiger partial charge in [-0.1, -0.05) is 84.9 Å². The minimum atomic E-state index is -0.283. The van der Waals surface area contributed by atoms with Crippen molar-refractivity contribution in [2.45, 2.75) is 25.4 Å². The molecule has 5 rings (SSSR count). The number of imidazole rings is 1. The predicted molar refractivity (Wildman–Crippen MR) is 151 cm³/mol. The monoisotopic (exact) mass is 510 g/mol. The van der Waals surface area contributed by atoms with Gasteiger partial charge in [0, 0.05) is 38.8 Å². The Kier molecular flexibility index (Phi) is 8.36. The van der Waals surface area contributed by atoms with E-state index in [1.807, 2.05) is 65.2 Å². The van der Waals surface area contributed by atoms with Gasteiger partial charge >= 0.3 is 11.8 Å². The Morgan fingerprint density at radius 1 is 0.947 bits per heavy atom. The number of hydrogen-bond acceptors (Lipinski definition) is 4. The highest BCUT2D eigenvalue weighted by Gasteiger charge is 2.26. The number of carbonyl (C=O) groups is 1. The minimum Gasteiger partial charge on any atom is -0.448 e. The molecule has 1 amide bonds. The molecule has 1 fully saturated rings. The topological polar surface area (TPSA) is 70.6 Å². The van der Waals surface area contributed by atoms with Crippen LogP contribution >= 0.6 is 0 Å². The van der Waals surface area contributed by atoms with Crippen molar-refractivity contribution < 1.29 is 9.53 Å². The number of nitrogens with zero attached hydrogens (tertiary/aromatic N) is 3. The first kappa shape index (κ1) is 25.5. The average molecular weight is 511 g/mol. The van der Waals surface area contributed by atoms with Crippen LogP contribution in [0, 0.1) is 0 Å². The van der Waals surface area contributed by atoms with Gasteiger partial charge in [-0.05, 0) is 36.1 Å². The van der Waals surface area contributed by atoms with Gasteiger partial charge in [-0.25, -0.2) is 9.59 Å². The zero-order valence-electron chi connectivity index (χ0n) is 21.5. The fourth-order valence-corrected chi connectivity index (χ4v) is 5.08. The highest BCUT2D eigenvalue weighted by molar-refractivity contribution is 5.75. The lowest BCUT2D eigenvalue weighted by atomic mass is 10.0. The highest BCUT2D eigenvalue weighted by atomic mass is 16.6. The van der Waals surface area contributed by atoms with Crippen molar-refractivity contribution in [1.82, 2.24) is 19.4 Å². The molecule has 0 bridgehead atoms. The van der Waals surface area contributed by atoms with Crippen molar-refractivity contribution in [2.75, 3.05) is 32.8 Å². The molecule has 4 aromatic rings. The number of amides is 1. The van der Waals surface area contributed by atoms with Crippen LogP contribution in [0.5, 0.6) is 0 Å². The van der Waals surface area contributed by atoms with Crippen molar-refractivity contribution in [2.24, 2.45) is 0 Å². The molecule has 1 aromatic heterocycles. The zero-order valence-corrected chi connectivity index (χ0v) is 21.5. The summed E-state index contributed by atoms with van der Waals surface area (Å²) in [6, 6.07) is 28.4. The van der Waals surface area contributed by atoms with Gasteiger partial charge in [0.25, 0.3) is 0 Å². The number of likely N-dealkylation sites (tertiary alicyclic amines) is 1. The second-order valence-corrected chi connectivity index (χ2v) is 9.68. The van der Waals surface area contributed by atoms with Crippen LogP contribution in [0.3, 0.4) is 0 Å². The SMILES string of the molecule is O=C(OCCN(C/C=C/c1ccccc1)Cc1ccccc1)N1CCC(n2c(=O)[nH]c3ccccc32)CC1. The summed E-state index contributed by atoms with van der Waals surface area (Å²) >= 11 is 0. The van der Waals surface area contributed by atoms with E-state index < -0.39 is 0 Å². The van der Waals surface area contributed by atoms with Gasteiger partial charge < -0.3 is 14.6 Å². The van der Waals surface area contributed by atoms with E-state index in [1.165, 1.54) is 5.56 Å². The number of para-hydroxylation sites is 2. The lowest BCUT2D eigenvalue weighted by molar-refractivity contribution is 0.0794. The summed E-state index contributed by atoms with van der Waals surface area (Å²) in [6.07, 6.45) is 5.43. The molecule has 7 heteroatoms. The largest absolute Gasteiger partial charge is 0.448 e. The Balaban J connectivity index is 1.13. The van der Waals surface area contributed by atoms with Crippen LogP contribution in [-0.2, 0) is 11.3 Å². The molecule has 38 heavy (non-hydrogen) atoms. The third-order valence-electron chi connectivity index (χ3n) is 7.07. The van der Waals surface area contributed by atoms with E-state index in [0.717, 1.165) is 42.5 Å². The molecule has 0 spiro atoms. The number of benzene rings is 3. The number of ether oxygens (including phenoxy) is 1. The van der Waals surface area contributed by atoms with Crippen LogP contribution in [0.25, 0.3) is 17.1 Å². The van der Waals surface area contributed by atoms with Crippen LogP contribution in [0.4, 0.5) is 4.79 Å². The van der Waals surface area contributed by atoms with E-state index in [4.69, 9.17) is 4.74 Å². The number of fused-ring (bicyclic) bond motifs is 1. The Bertz CT molecular complexity index is 1400. The van der Waals surface area contributed by atoms with Gasteiger partial charge in [-0.15, -0.1) is 0 Å². The third kappa shape index (κ3) is 6.42. The number of piperidine rings is 1. The zero-order chi connectivity index (χ0) is 26.2. The normalized spacial score (nSPS) is 14.5. The summed E-state index contributed by atoms with van der Waals surface area (Å²) in [4.78, 5) is 32.3. The fraction of sp³-hybridized carbons (Fsp3) is 0.290. The number of rotatable bonds is 9. The third-order valence-corrected chi connectivity index (χ3v) is 7.07. The van der Waals surface area contributed by atoms with Gasteiger partial charge in [-0.3, -0.25) is 9.47 Å². The fourth-order valence-electron chi connectivity index (χ4n) is 5.08. The van der Waals surface area contributed by atoms with Crippen molar-refractivity contribution in [1.29, 1.82) is 0 Å². The number of aromatic nitrogens is 2. The second kappa shape index (κ2) is 12.4. The molecular weight excluding hydrogens is 476 g/mol. The van der Waals surface area contributed by atoms with E-state index in [-0.39, 0.29) is 17.8 Å². The van der Waals surface area contributed by atoms with Crippen LogP contribution in [0.2, 0.25) is 0 Å². The van der Waals surface area contributed by atoms with E-state index in [0.29, 0.717) is 26.2 Å². The predicted octanol–water partition coefficient (Wildman–Crippen LogP) is 5.32. The standard InChI is InChI=1S/C31H34N4O3/c36-30-32-28-15-7-8-16-29(28)35(30)27-17-20-34(21-18-27)31(37)38-23-22-33(24-26-12-5-2-6-13-26)19-9-14-25-10-3-1-4-11-25/h1-16,27H,17-24H2,(H,32,36)/b14-9+. The maximum Gasteiger partial charge on any atom is 0.409 e. The summed E-state index contributed by atoms with van der Waals surface area (Å²) in [5, 5.41) is 0.